The molecule has 0 radical (unpaired) electrons. The second-order valence-electron chi connectivity index (χ2n) is 7.34. The van der Waals surface area contributed by atoms with Gasteiger partial charge in [-0.15, -0.1) is 10.2 Å². The maximum atomic E-state index is 12.9. The molecule has 3 aliphatic rings. The van der Waals surface area contributed by atoms with Gasteiger partial charge in [-0.2, -0.15) is 0 Å². The van der Waals surface area contributed by atoms with Crippen LogP contribution in [0.5, 0.6) is 5.75 Å². The third kappa shape index (κ3) is 4.13. The van der Waals surface area contributed by atoms with E-state index >= 15 is 0 Å². The monoisotopic (exact) mass is 497 g/mol. The summed E-state index contributed by atoms with van der Waals surface area (Å²) in [6.07, 6.45) is -0.648. The van der Waals surface area contributed by atoms with Crippen LogP contribution in [0.25, 0.3) is 0 Å². The number of aryl methyl sites for hydroxylation is 1. The molecule has 3 atom stereocenters. The molecule has 3 aliphatic heterocycles. The van der Waals surface area contributed by atoms with E-state index in [0.29, 0.717) is 15.6 Å². The van der Waals surface area contributed by atoms with Crippen LogP contribution in [0.2, 0.25) is 0 Å². The van der Waals surface area contributed by atoms with Crippen LogP contribution in [0.1, 0.15) is 5.01 Å². The fourth-order valence-electron chi connectivity index (χ4n) is 4.09. The molecule has 3 amide bonds. The van der Waals surface area contributed by atoms with Gasteiger partial charge >= 0.3 is 35.6 Å². The number of aromatic hydroxyl groups is 1. The van der Waals surface area contributed by atoms with Crippen LogP contribution in [-0.4, -0.2) is 73.7 Å². The zero-order valence-corrected chi connectivity index (χ0v) is 21.2. The Bertz CT molecular complexity index is 1160. The van der Waals surface area contributed by atoms with Crippen molar-refractivity contribution in [2.75, 3.05) is 17.8 Å². The number of hydrogen-bond acceptors (Lipinski definition) is 10. The Hall–Kier alpha value is -2.16. The van der Waals surface area contributed by atoms with Crippen molar-refractivity contribution in [3.05, 3.63) is 40.5 Å². The quantitative estimate of drug-likeness (QED) is 0.193. The number of carboxylic acids is 1. The number of phenolic OH excluding ortho intramolecular Hbond substituents is 1. The predicted octanol–water partition coefficient (Wildman–Crippen LogP) is -2.86. The summed E-state index contributed by atoms with van der Waals surface area (Å²) in [5.41, 5.74) is 0.668. The number of β-lactam (4-membered cyclic amide) rings is 1. The van der Waals surface area contributed by atoms with Gasteiger partial charge in [-0.3, -0.25) is 14.6 Å². The van der Waals surface area contributed by atoms with Crippen molar-refractivity contribution in [2.24, 2.45) is 0 Å². The number of amides is 3. The normalized spacial score (nSPS) is 23.1. The number of anilines is 1. The van der Waals surface area contributed by atoms with Crippen molar-refractivity contribution in [1.29, 1.82) is 0 Å². The number of carboxylic acid groups (broad SMARTS) is 1. The molecule has 166 valence electrons. The summed E-state index contributed by atoms with van der Waals surface area (Å²) >= 11 is 2.70. The first-order valence-corrected chi connectivity index (χ1v) is 11.3. The first kappa shape index (κ1) is 24.0. The van der Waals surface area contributed by atoms with Gasteiger partial charge in [0.1, 0.15) is 29.6 Å². The Morgan fingerprint density at radius 2 is 2.06 bits per heavy atom. The van der Waals surface area contributed by atoms with Crippen LogP contribution in [-0.2, 0) is 14.3 Å². The summed E-state index contributed by atoms with van der Waals surface area (Å²) in [5, 5.41) is 32.7. The Morgan fingerprint density at radius 1 is 1.33 bits per heavy atom. The zero-order chi connectivity index (χ0) is 22.6. The molecular formula is C19H16N5NaO6S2. The number of nitrogens with one attached hydrogen (secondary N) is 1. The summed E-state index contributed by atoms with van der Waals surface area (Å²) in [7, 11) is 0. The first-order valence-electron chi connectivity index (χ1n) is 9.54. The van der Waals surface area contributed by atoms with Crippen LogP contribution in [0.15, 0.2) is 39.9 Å². The average molecular weight is 497 g/mol. The molecule has 14 heteroatoms. The van der Waals surface area contributed by atoms with Gasteiger partial charge in [0.2, 0.25) is 0 Å². The van der Waals surface area contributed by atoms with Gasteiger partial charge in [0.15, 0.2) is 4.34 Å². The van der Waals surface area contributed by atoms with Crippen LogP contribution < -0.4 is 40.0 Å². The molecule has 2 saturated heterocycles. The summed E-state index contributed by atoms with van der Waals surface area (Å²) in [6, 6.07) is 3.86. The second kappa shape index (κ2) is 9.24. The molecule has 2 fully saturated rings. The van der Waals surface area contributed by atoms with Gasteiger partial charge in [-0.05, 0) is 36.8 Å². The van der Waals surface area contributed by atoms with Crippen LogP contribution in [0, 0.1) is 6.92 Å². The average Bonchev–Trinajstić information content (AvgIpc) is 3.32. The van der Waals surface area contributed by atoms with Crippen molar-refractivity contribution < 1.29 is 58.9 Å². The zero-order valence-electron chi connectivity index (χ0n) is 17.5. The van der Waals surface area contributed by atoms with E-state index in [1.807, 2.05) is 6.92 Å². The minimum Gasteiger partial charge on any atom is -0.543 e. The predicted molar refractivity (Wildman–Crippen MR) is 111 cm³/mol. The van der Waals surface area contributed by atoms with Crippen molar-refractivity contribution in [3.8, 4) is 5.75 Å². The topological polar surface area (TPSA) is 148 Å². The Balaban J connectivity index is 0.00000259. The number of aliphatic carboxylic acids is 1. The van der Waals surface area contributed by atoms with Gasteiger partial charge in [-0.25, -0.2) is 4.79 Å². The third-order valence-electron chi connectivity index (χ3n) is 5.47. The smallest absolute Gasteiger partial charge is 0.543 e. The van der Waals surface area contributed by atoms with E-state index in [4.69, 9.17) is 4.74 Å². The molecule has 11 nitrogen and oxygen atoms in total. The van der Waals surface area contributed by atoms with Gasteiger partial charge in [0, 0.05) is 11.4 Å². The number of rotatable bonds is 5. The number of ether oxygens (including phenoxy) is 1. The van der Waals surface area contributed by atoms with Crippen LogP contribution in [0.4, 0.5) is 10.5 Å². The summed E-state index contributed by atoms with van der Waals surface area (Å²) < 4.78 is 6.54. The van der Waals surface area contributed by atoms with Gasteiger partial charge in [-0.1, -0.05) is 23.1 Å². The van der Waals surface area contributed by atoms with E-state index in [1.165, 1.54) is 52.3 Å². The minimum absolute atomic E-state index is 0. The van der Waals surface area contributed by atoms with E-state index in [1.54, 1.807) is 0 Å². The molecule has 1 aromatic heterocycles. The molecule has 2 aromatic rings. The van der Waals surface area contributed by atoms with Crippen LogP contribution in [0.3, 0.4) is 0 Å². The number of urea groups is 1. The number of carbonyl (C=O) groups is 3. The minimum atomic E-state index is -1.46. The SMILES string of the molecule is Cc1nnc(SCC2=C(C(=O)[O-])N3C(=O)[C@@H]4[C@H]3C2OCN4C(=O)Nc2ccc(O)cc2)s1.[Na+]. The summed E-state index contributed by atoms with van der Waals surface area (Å²) in [5.74, 6) is -1.65. The molecule has 2 N–H and O–H groups in total. The van der Waals surface area contributed by atoms with Gasteiger partial charge in [0.25, 0.3) is 5.91 Å². The molecule has 0 spiro atoms. The molecule has 33 heavy (non-hydrogen) atoms. The molecule has 5 rings (SSSR count). The number of carbonyl (C=O) groups excluding carboxylic acids is 3. The van der Waals surface area contributed by atoms with E-state index in [-0.39, 0.29) is 53.5 Å². The summed E-state index contributed by atoms with van der Waals surface area (Å²) in [4.78, 5) is 39.9. The number of aromatic nitrogens is 2. The Labute approximate surface area is 218 Å². The Kier molecular flexibility index (Phi) is 6.71. The number of hydrogen-bond donors (Lipinski definition) is 2. The van der Waals surface area contributed by atoms with Crippen LogP contribution >= 0.6 is 23.1 Å². The molecule has 4 heterocycles. The van der Waals surface area contributed by atoms with E-state index < -0.39 is 36.1 Å². The van der Waals surface area contributed by atoms with Gasteiger partial charge in [0.05, 0.1) is 17.7 Å². The van der Waals surface area contributed by atoms with E-state index in [9.17, 15) is 24.6 Å². The molecular weight excluding hydrogens is 481 g/mol. The number of thioether (sulfide) groups is 1. The molecule has 0 aliphatic carbocycles. The molecule has 0 bridgehead atoms. The van der Waals surface area contributed by atoms with Crippen molar-refractivity contribution in [3.63, 3.8) is 0 Å². The van der Waals surface area contributed by atoms with Crippen molar-refractivity contribution >= 4 is 46.7 Å². The van der Waals surface area contributed by atoms with Crippen molar-refractivity contribution in [2.45, 2.75) is 29.5 Å². The molecule has 1 unspecified atom stereocenters. The largest absolute Gasteiger partial charge is 1.00 e. The van der Waals surface area contributed by atoms with Crippen molar-refractivity contribution in [1.82, 2.24) is 20.0 Å². The number of phenols is 1. The first-order chi connectivity index (χ1) is 15.3. The summed E-state index contributed by atoms with van der Waals surface area (Å²) in [6.45, 7) is 1.64. The fraction of sp³-hybridized carbons (Fsp3) is 0.316. The molecule has 1 aromatic carbocycles. The maximum Gasteiger partial charge on any atom is 1.00 e. The second-order valence-corrected chi connectivity index (χ2v) is 9.75. The fourth-order valence-corrected chi connectivity index (χ4v) is 5.96. The van der Waals surface area contributed by atoms with Gasteiger partial charge < -0.3 is 25.1 Å². The third-order valence-corrected chi connectivity index (χ3v) is 7.49. The number of nitrogens with zero attached hydrogens (tertiary/aromatic N) is 4. The number of benzene rings is 1. The Morgan fingerprint density at radius 3 is 2.70 bits per heavy atom. The maximum absolute atomic E-state index is 12.9. The standard InChI is InChI=1S/C19H17N5O6S2.Na/c1-8-21-22-19(32-8)31-6-11-12(17(27)28)24-13-14(16(24)26)23(7-30-15(11)13)18(29)20-9-2-4-10(25)5-3-9;/h2-5,13-15,25H,6-7H2,1H3,(H,20,29)(H,27,28);/q;+1/p-1/t13-,14-,15?;/m0./s1. The van der Waals surface area contributed by atoms with E-state index in [0.717, 1.165) is 9.91 Å². The van der Waals surface area contributed by atoms with E-state index in [2.05, 4.69) is 15.5 Å². The molecule has 0 saturated carbocycles.